The van der Waals surface area contributed by atoms with E-state index in [1.165, 1.54) is 161 Å². The van der Waals surface area contributed by atoms with Crippen molar-refractivity contribution in [2.75, 3.05) is 0 Å². The van der Waals surface area contributed by atoms with E-state index < -0.39 is 5.97 Å². The van der Waals surface area contributed by atoms with Gasteiger partial charge < -0.3 is 5.11 Å². The van der Waals surface area contributed by atoms with Crippen LogP contribution in [0.25, 0.3) is 0 Å². The van der Waals surface area contributed by atoms with Crippen LogP contribution in [0.15, 0.2) is 22.3 Å². The Morgan fingerprint density at radius 2 is 0.789 bits per heavy atom. The summed E-state index contributed by atoms with van der Waals surface area (Å²) in [4.78, 5) is 10.8. The third-order valence-electron chi connectivity index (χ3n) is 8.71. The molecule has 0 aromatic rings. The molecule has 0 aliphatic heterocycles. The number of hydrogen-bond acceptors (Lipinski definition) is 1. The molecule has 38 heavy (non-hydrogen) atoms. The predicted molar refractivity (Wildman–Crippen MR) is 168 cm³/mol. The first-order chi connectivity index (χ1) is 18.6. The summed E-state index contributed by atoms with van der Waals surface area (Å²) >= 11 is 0. The van der Waals surface area contributed by atoms with Crippen LogP contribution in [0, 0.1) is 0 Å². The molecule has 0 aromatic carbocycles. The molecule has 0 heterocycles. The first-order valence-electron chi connectivity index (χ1n) is 17.3. The normalized spacial score (nSPS) is 14.1. The lowest BCUT2D eigenvalue weighted by Gasteiger charge is -2.28. The van der Waals surface area contributed by atoms with E-state index >= 15 is 0 Å². The van der Waals surface area contributed by atoms with Crippen LogP contribution in [0.3, 0.4) is 0 Å². The summed E-state index contributed by atoms with van der Waals surface area (Å²) in [6.45, 7) is 6.94. The molecule has 1 aliphatic carbocycles. The summed E-state index contributed by atoms with van der Waals surface area (Å²) in [5.41, 5.74) is 7.27. The Labute approximate surface area is 238 Å². The van der Waals surface area contributed by atoms with Crippen molar-refractivity contribution >= 4 is 5.97 Å². The molecule has 0 saturated carbocycles. The van der Waals surface area contributed by atoms with E-state index in [-0.39, 0.29) is 0 Å². The van der Waals surface area contributed by atoms with E-state index in [1.807, 2.05) is 16.7 Å². The molecule has 1 aliphatic rings. The molecule has 2 nitrogen and oxygen atoms in total. The van der Waals surface area contributed by atoms with Crippen LogP contribution in [0.2, 0.25) is 0 Å². The summed E-state index contributed by atoms with van der Waals surface area (Å²) < 4.78 is 0. The highest BCUT2D eigenvalue weighted by molar-refractivity contribution is 5.66. The van der Waals surface area contributed by atoms with Gasteiger partial charge in [-0.25, -0.2) is 0 Å². The fraction of sp³-hybridized carbons (Fsp3) is 0.861. The molecular weight excluding hydrogens is 464 g/mol. The highest BCUT2D eigenvalue weighted by atomic mass is 16.4. The van der Waals surface area contributed by atoms with Crippen molar-refractivity contribution < 1.29 is 9.90 Å². The van der Waals surface area contributed by atoms with Crippen molar-refractivity contribution in [3.05, 3.63) is 22.3 Å². The molecule has 222 valence electrons. The Hall–Kier alpha value is -1.05. The summed E-state index contributed by atoms with van der Waals surface area (Å²) in [6.07, 6.45) is 36.0. The minimum atomic E-state index is -0.646. The zero-order valence-corrected chi connectivity index (χ0v) is 26.2. The lowest BCUT2D eigenvalue weighted by molar-refractivity contribution is -0.137. The lowest BCUT2D eigenvalue weighted by Crippen LogP contribution is -2.08. The minimum absolute atomic E-state index is 0.333. The third kappa shape index (κ3) is 17.5. The summed E-state index contributed by atoms with van der Waals surface area (Å²) in [5.74, 6) is -0.646. The van der Waals surface area contributed by atoms with Crippen LogP contribution < -0.4 is 0 Å². The number of rotatable bonds is 27. The van der Waals surface area contributed by atoms with E-state index in [4.69, 9.17) is 5.11 Å². The first-order valence-corrected chi connectivity index (χ1v) is 17.3. The van der Waals surface area contributed by atoms with Gasteiger partial charge in [0, 0.05) is 6.42 Å². The molecule has 0 radical (unpaired) electrons. The summed E-state index contributed by atoms with van der Waals surface area (Å²) in [5, 5.41) is 8.91. The first kappa shape index (κ1) is 35.0. The van der Waals surface area contributed by atoms with Crippen LogP contribution >= 0.6 is 0 Å². The van der Waals surface area contributed by atoms with Crippen molar-refractivity contribution in [2.24, 2.45) is 0 Å². The van der Waals surface area contributed by atoms with Crippen LogP contribution in [-0.2, 0) is 4.79 Å². The third-order valence-corrected chi connectivity index (χ3v) is 8.71. The van der Waals surface area contributed by atoms with Gasteiger partial charge in [-0.05, 0) is 81.8 Å². The number of hydrogen-bond donors (Lipinski definition) is 1. The second kappa shape index (κ2) is 25.0. The van der Waals surface area contributed by atoms with E-state index in [0.717, 1.165) is 12.8 Å². The second-order valence-electron chi connectivity index (χ2n) is 12.2. The van der Waals surface area contributed by atoms with Gasteiger partial charge in [-0.15, -0.1) is 0 Å². The van der Waals surface area contributed by atoms with Gasteiger partial charge in [0.15, 0.2) is 0 Å². The molecule has 0 bridgehead atoms. The molecule has 0 saturated heterocycles. The summed E-state index contributed by atoms with van der Waals surface area (Å²) in [7, 11) is 0. The number of carbonyl (C=O) groups is 1. The van der Waals surface area contributed by atoms with Crippen molar-refractivity contribution in [3.63, 3.8) is 0 Å². The topological polar surface area (TPSA) is 37.3 Å². The Morgan fingerprint density at radius 3 is 1.18 bits per heavy atom. The SMILES string of the molecule is CCCCCCCCC1=C(CCCCCCCC(=O)O)C(CCCCCCCC)=C(CCCCCC)CC1. The number of carboxylic acids is 1. The fourth-order valence-corrected chi connectivity index (χ4v) is 6.31. The Bertz CT molecular complexity index is 642. The minimum Gasteiger partial charge on any atom is -0.481 e. The largest absolute Gasteiger partial charge is 0.481 e. The van der Waals surface area contributed by atoms with Crippen LogP contribution in [0.4, 0.5) is 0 Å². The van der Waals surface area contributed by atoms with Gasteiger partial charge in [0.2, 0.25) is 0 Å². The number of allylic oxidation sites excluding steroid dienone is 4. The van der Waals surface area contributed by atoms with Crippen molar-refractivity contribution in [2.45, 2.75) is 201 Å². The quantitative estimate of drug-likeness (QED) is 0.107. The molecule has 1 N–H and O–H groups in total. The van der Waals surface area contributed by atoms with Gasteiger partial charge in [0.1, 0.15) is 0 Å². The van der Waals surface area contributed by atoms with Crippen LogP contribution in [-0.4, -0.2) is 11.1 Å². The average Bonchev–Trinajstić information content (AvgIpc) is 2.91. The van der Waals surface area contributed by atoms with Crippen molar-refractivity contribution in [1.29, 1.82) is 0 Å². The molecular formula is C36H66O2. The molecule has 0 unspecified atom stereocenters. The second-order valence-corrected chi connectivity index (χ2v) is 12.2. The number of aliphatic carboxylic acids is 1. The van der Waals surface area contributed by atoms with E-state index in [2.05, 4.69) is 20.8 Å². The van der Waals surface area contributed by atoms with Gasteiger partial charge in [-0.2, -0.15) is 0 Å². The standard InChI is InChI=1S/C36H66O2/c1-4-7-10-13-16-21-26-33-31-30-32(25-20-12-9-6-3)34(27-22-17-14-11-8-5-2)35(33)28-23-18-15-19-24-29-36(37)38/h4-31H2,1-3H3,(H,37,38). The molecule has 0 amide bonds. The van der Waals surface area contributed by atoms with E-state index in [9.17, 15) is 4.79 Å². The van der Waals surface area contributed by atoms with Gasteiger partial charge >= 0.3 is 5.97 Å². The van der Waals surface area contributed by atoms with Gasteiger partial charge in [0.25, 0.3) is 0 Å². The monoisotopic (exact) mass is 531 g/mol. The summed E-state index contributed by atoms with van der Waals surface area (Å²) in [6, 6.07) is 0. The highest BCUT2D eigenvalue weighted by Gasteiger charge is 2.21. The molecule has 0 aromatic heterocycles. The maximum Gasteiger partial charge on any atom is 0.303 e. The van der Waals surface area contributed by atoms with Gasteiger partial charge in [0.05, 0.1) is 0 Å². The van der Waals surface area contributed by atoms with Crippen molar-refractivity contribution in [1.82, 2.24) is 0 Å². The van der Waals surface area contributed by atoms with Crippen LogP contribution in [0.1, 0.15) is 201 Å². The zero-order valence-electron chi connectivity index (χ0n) is 26.2. The molecule has 1 rings (SSSR count). The Morgan fingerprint density at radius 1 is 0.474 bits per heavy atom. The number of carboxylic acid groups (broad SMARTS) is 1. The number of unbranched alkanes of at least 4 members (excludes halogenated alkanes) is 17. The van der Waals surface area contributed by atoms with Crippen LogP contribution in [0.5, 0.6) is 0 Å². The highest BCUT2D eigenvalue weighted by Crippen LogP contribution is 2.40. The molecule has 0 atom stereocenters. The smallest absolute Gasteiger partial charge is 0.303 e. The molecule has 2 heteroatoms. The Balaban J connectivity index is 2.86. The Kier molecular flexibility index (Phi) is 23.0. The average molecular weight is 531 g/mol. The van der Waals surface area contributed by atoms with E-state index in [0.29, 0.717) is 6.42 Å². The molecule has 0 spiro atoms. The maximum atomic E-state index is 10.8. The fourth-order valence-electron chi connectivity index (χ4n) is 6.31. The van der Waals surface area contributed by atoms with Gasteiger partial charge in [-0.1, -0.05) is 135 Å². The zero-order chi connectivity index (χ0) is 27.7. The van der Waals surface area contributed by atoms with E-state index in [1.54, 1.807) is 5.57 Å². The maximum absolute atomic E-state index is 10.8. The molecule has 0 fully saturated rings. The van der Waals surface area contributed by atoms with Crippen molar-refractivity contribution in [3.8, 4) is 0 Å². The predicted octanol–water partition coefficient (Wildman–Crippen LogP) is 12.7. The lowest BCUT2D eigenvalue weighted by atomic mass is 9.78. The van der Waals surface area contributed by atoms with Gasteiger partial charge in [-0.3, -0.25) is 4.79 Å².